The SMILES string of the molecule is CC1CCC(O)(CNS(=O)(=O)c2c[nH]c(=O)c(Cl)c2)CC1. The van der Waals surface area contributed by atoms with Crippen LogP contribution in [0.15, 0.2) is 22.0 Å². The van der Waals surface area contributed by atoms with Crippen molar-refractivity contribution in [2.24, 2.45) is 5.92 Å². The average molecular weight is 335 g/mol. The van der Waals surface area contributed by atoms with Gasteiger partial charge >= 0.3 is 0 Å². The summed E-state index contributed by atoms with van der Waals surface area (Å²) < 4.78 is 26.7. The summed E-state index contributed by atoms with van der Waals surface area (Å²) in [4.78, 5) is 13.3. The lowest BCUT2D eigenvalue weighted by atomic mass is 9.80. The van der Waals surface area contributed by atoms with Gasteiger partial charge in [-0.25, -0.2) is 13.1 Å². The molecular weight excluding hydrogens is 316 g/mol. The maximum absolute atomic E-state index is 12.1. The molecule has 1 heterocycles. The van der Waals surface area contributed by atoms with E-state index < -0.39 is 21.2 Å². The molecule has 1 aromatic heterocycles. The number of halogens is 1. The third kappa shape index (κ3) is 4.06. The third-order valence-electron chi connectivity index (χ3n) is 3.94. The molecular formula is C13H19ClN2O4S. The van der Waals surface area contributed by atoms with E-state index in [0.29, 0.717) is 18.8 Å². The van der Waals surface area contributed by atoms with Crippen LogP contribution in [0.5, 0.6) is 0 Å². The molecule has 0 unspecified atom stereocenters. The van der Waals surface area contributed by atoms with Gasteiger partial charge in [0.25, 0.3) is 5.56 Å². The fraction of sp³-hybridized carbons (Fsp3) is 0.615. The summed E-state index contributed by atoms with van der Waals surface area (Å²) in [6.07, 6.45) is 3.99. The Hall–Kier alpha value is -0.890. The minimum absolute atomic E-state index is 0.0429. The molecule has 1 fully saturated rings. The predicted octanol–water partition coefficient (Wildman–Crippen LogP) is 1.25. The van der Waals surface area contributed by atoms with E-state index in [-0.39, 0.29) is 16.5 Å². The minimum atomic E-state index is -3.82. The third-order valence-corrected chi connectivity index (χ3v) is 5.60. The normalized spacial score (nSPS) is 26.7. The number of pyridine rings is 1. The highest BCUT2D eigenvalue weighted by Gasteiger charge is 2.33. The molecule has 0 bridgehead atoms. The molecule has 0 aromatic carbocycles. The van der Waals surface area contributed by atoms with E-state index in [9.17, 15) is 18.3 Å². The first-order chi connectivity index (χ1) is 9.72. The molecule has 2 rings (SSSR count). The van der Waals surface area contributed by atoms with Crippen LogP contribution in [0.1, 0.15) is 32.6 Å². The Morgan fingerprint density at radius 1 is 1.48 bits per heavy atom. The summed E-state index contributed by atoms with van der Waals surface area (Å²) >= 11 is 5.63. The van der Waals surface area contributed by atoms with Crippen LogP contribution in [0.25, 0.3) is 0 Å². The van der Waals surface area contributed by atoms with Gasteiger partial charge in [-0.05, 0) is 37.7 Å². The lowest BCUT2D eigenvalue weighted by molar-refractivity contribution is -0.00182. The molecule has 1 aromatic rings. The second-order valence-corrected chi connectivity index (χ2v) is 7.92. The Morgan fingerprint density at radius 2 is 2.10 bits per heavy atom. The lowest BCUT2D eigenvalue weighted by Crippen LogP contribution is -2.45. The first kappa shape index (κ1) is 16.5. The number of aromatic amines is 1. The fourth-order valence-electron chi connectivity index (χ4n) is 2.38. The molecule has 0 radical (unpaired) electrons. The molecule has 0 spiro atoms. The molecule has 8 heteroatoms. The summed E-state index contributed by atoms with van der Waals surface area (Å²) in [7, 11) is -3.82. The zero-order valence-electron chi connectivity index (χ0n) is 11.7. The van der Waals surface area contributed by atoms with Crippen LogP contribution in [0.3, 0.4) is 0 Å². The first-order valence-electron chi connectivity index (χ1n) is 6.82. The van der Waals surface area contributed by atoms with Crippen LogP contribution in [0, 0.1) is 5.92 Å². The van der Waals surface area contributed by atoms with Crippen molar-refractivity contribution in [3.05, 3.63) is 27.6 Å². The number of nitrogens with one attached hydrogen (secondary N) is 2. The average Bonchev–Trinajstić information content (AvgIpc) is 2.43. The second-order valence-electron chi connectivity index (χ2n) is 5.74. The predicted molar refractivity (Wildman–Crippen MR) is 79.8 cm³/mol. The van der Waals surface area contributed by atoms with Gasteiger partial charge in [-0.15, -0.1) is 0 Å². The zero-order valence-corrected chi connectivity index (χ0v) is 13.3. The molecule has 1 saturated carbocycles. The highest BCUT2D eigenvalue weighted by molar-refractivity contribution is 7.89. The molecule has 0 atom stereocenters. The summed E-state index contributed by atoms with van der Waals surface area (Å²) in [5, 5.41) is 10.2. The van der Waals surface area contributed by atoms with Gasteiger partial charge in [-0.3, -0.25) is 4.79 Å². The van der Waals surface area contributed by atoms with E-state index in [2.05, 4.69) is 16.6 Å². The number of H-pyrrole nitrogens is 1. The Morgan fingerprint density at radius 3 is 2.67 bits per heavy atom. The van der Waals surface area contributed by atoms with Gasteiger partial charge in [0.1, 0.15) is 5.02 Å². The minimum Gasteiger partial charge on any atom is -0.389 e. The smallest absolute Gasteiger partial charge is 0.266 e. The molecule has 0 saturated heterocycles. The maximum Gasteiger partial charge on any atom is 0.266 e. The Bertz CT molecular complexity index is 663. The number of rotatable bonds is 4. The number of aliphatic hydroxyl groups is 1. The van der Waals surface area contributed by atoms with Crippen LogP contribution in [0.4, 0.5) is 0 Å². The number of sulfonamides is 1. The zero-order chi connectivity index (χ0) is 15.7. The van der Waals surface area contributed by atoms with Crippen molar-refractivity contribution in [3.63, 3.8) is 0 Å². The Kier molecular flexibility index (Phi) is 4.77. The number of hydrogen-bond donors (Lipinski definition) is 3. The summed E-state index contributed by atoms with van der Waals surface area (Å²) in [5.41, 5.74) is -1.55. The highest BCUT2D eigenvalue weighted by Crippen LogP contribution is 2.31. The van der Waals surface area contributed by atoms with Gasteiger partial charge in [-0.1, -0.05) is 18.5 Å². The van der Waals surface area contributed by atoms with Crippen molar-refractivity contribution >= 4 is 21.6 Å². The van der Waals surface area contributed by atoms with Gasteiger partial charge in [0, 0.05) is 12.7 Å². The van der Waals surface area contributed by atoms with E-state index in [1.54, 1.807) is 0 Å². The van der Waals surface area contributed by atoms with Gasteiger partial charge in [0.2, 0.25) is 10.0 Å². The van der Waals surface area contributed by atoms with Gasteiger partial charge in [0.15, 0.2) is 0 Å². The van der Waals surface area contributed by atoms with Crippen LogP contribution < -0.4 is 10.3 Å². The molecule has 3 N–H and O–H groups in total. The number of aromatic nitrogens is 1. The maximum atomic E-state index is 12.1. The van der Waals surface area contributed by atoms with Crippen LogP contribution in [-0.2, 0) is 10.0 Å². The van der Waals surface area contributed by atoms with E-state index in [0.717, 1.165) is 25.1 Å². The summed E-state index contributed by atoms with van der Waals surface area (Å²) in [5.74, 6) is 0.555. The molecule has 0 amide bonds. The van der Waals surface area contributed by atoms with Crippen molar-refractivity contribution in [2.75, 3.05) is 6.54 Å². The number of hydrogen-bond acceptors (Lipinski definition) is 4. The molecule has 6 nitrogen and oxygen atoms in total. The molecule has 1 aliphatic rings. The van der Waals surface area contributed by atoms with Crippen LogP contribution >= 0.6 is 11.6 Å². The highest BCUT2D eigenvalue weighted by atomic mass is 35.5. The topological polar surface area (TPSA) is 99.3 Å². The largest absolute Gasteiger partial charge is 0.389 e. The fourth-order valence-corrected chi connectivity index (χ4v) is 3.73. The molecule has 118 valence electrons. The van der Waals surface area contributed by atoms with Crippen molar-refractivity contribution < 1.29 is 13.5 Å². The van der Waals surface area contributed by atoms with Crippen molar-refractivity contribution in [3.8, 4) is 0 Å². The standard InChI is InChI=1S/C13H19ClN2O4S/c1-9-2-4-13(18,5-3-9)8-16-21(19,20)10-6-11(14)12(17)15-7-10/h6-7,9,16,18H,2-5,8H2,1H3,(H,15,17). The van der Waals surface area contributed by atoms with Crippen molar-refractivity contribution in [2.45, 2.75) is 43.1 Å². The Balaban J connectivity index is 2.07. The lowest BCUT2D eigenvalue weighted by Gasteiger charge is -2.34. The van der Waals surface area contributed by atoms with E-state index >= 15 is 0 Å². The van der Waals surface area contributed by atoms with Crippen molar-refractivity contribution in [1.29, 1.82) is 0 Å². The van der Waals surface area contributed by atoms with Crippen LogP contribution in [0.2, 0.25) is 5.02 Å². The first-order valence-corrected chi connectivity index (χ1v) is 8.68. The molecule has 21 heavy (non-hydrogen) atoms. The van der Waals surface area contributed by atoms with Gasteiger partial charge in [0.05, 0.1) is 10.5 Å². The Labute approximate surface area is 128 Å². The summed E-state index contributed by atoms with van der Waals surface area (Å²) in [6.45, 7) is 2.07. The van der Waals surface area contributed by atoms with Gasteiger partial charge < -0.3 is 10.1 Å². The monoisotopic (exact) mass is 334 g/mol. The van der Waals surface area contributed by atoms with E-state index in [1.165, 1.54) is 0 Å². The van der Waals surface area contributed by atoms with E-state index in [4.69, 9.17) is 11.6 Å². The second kappa shape index (κ2) is 6.08. The van der Waals surface area contributed by atoms with Gasteiger partial charge in [-0.2, -0.15) is 0 Å². The molecule has 1 aliphatic carbocycles. The van der Waals surface area contributed by atoms with Crippen molar-refractivity contribution in [1.82, 2.24) is 9.71 Å². The van der Waals surface area contributed by atoms with Crippen LogP contribution in [-0.4, -0.2) is 30.7 Å². The summed E-state index contributed by atoms with van der Waals surface area (Å²) in [6, 6.07) is 1.09. The van der Waals surface area contributed by atoms with E-state index in [1.807, 2.05) is 0 Å². The quantitative estimate of drug-likeness (QED) is 0.771. The molecule has 0 aliphatic heterocycles.